The van der Waals surface area contributed by atoms with Crippen LogP contribution in [0.2, 0.25) is 0 Å². The summed E-state index contributed by atoms with van der Waals surface area (Å²) in [5.41, 5.74) is 1.61. The van der Waals surface area contributed by atoms with Gasteiger partial charge in [0.2, 0.25) is 0 Å². The SMILES string of the molecule is CC(=P)/C(C)=C/C(C)(C)C. The number of hydrogen-bond donors (Lipinski definition) is 0. The van der Waals surface area contributed by atoms with Gasteiger partial charge in [-0.2, -0.15) is 0 Å². The summed E-state index contributed by atoms with van der Waals surface area (Å²) in [7, 11) is 3.49. The van der Waals surface area contributed by atoms with E-state index in [1.807, 2.05) is 0 Å². The van der Waals surface area contributed by atoms with Gasteiger partial charge in [0.15, 0.2) is 0 Å². The molecule has 0 aromatic carbocycles. The zero-order chi connectivity index (χ0) is 8.36. The minimum atomic E-state index is 0.290. The Morgan fingerprint density at radius 3 is 1.70 bits per heavy atom. The Hall–Kier alpha value is -0.0900. The zero-order valence-electron chi connectivity index (χ0n) is 7.58. The molecule has 10 heavy (non-hydrogen) atoms. The first-order valence-electron chi connectivity index (χ1n) is 3.58. The van der Waals surface area contributed by atoms with E-state index in [1.54, 1.807) is 0 Å². The summed E-state index contributed by atoms with van der Waals surface area (Å²) in [4.78, 5) is 0. The number of hydrogen-bond acceptors (Lipinski definition) is 0. The smallest absolute Gasteiger partial charge is 0.0197 e. The lowest BCUT2D eigenvalue weighted by molar-refractivity contribution is 0.542. The Labute approximate surface area is 66.6 Å². The van der Waals surface area contributed by atoms with Crippen molar-refractivity contribution in [1.82, 2.24) is 0 Å². The first-order valence-corrected chi connectivity index (χ1v) is 4.08. The van der Waals surface area contributed by atoms with Crippen LogP contribution in [0.4, 0.5) is 0 Å². The van der Waals surface area contributed by atoms with Crippen molar-refractivity contribution < 1.29 is 0 Å². The molecule has 0 rings (SSSR count). The highest BCUT2D eigenvalue weighted by Crippen LogP contribution is 2.17. The molecule has 0 heterocycles. The molecule has 0 aliphatic carbocycles. The second-order valence-electron chi connectivity index (χ2n) is 3.82. The minimum Gasteiger partial charge on any atom is -0.119 e. The molecule has 0 radical (unpaired) electrons. The van der Waals surface area contributed by atoms with Crippen molar-refractivity contribution in [3.63, 3.8) is 0 Å². The van der Waals surface area contributed by atoms with E-state index in [-0.39, 0.29) is 5.41 Å². The largest absolute Gasteiger partial charge is 0.119 e. The lowest BCUT2D eigenvalue weighted by Gasteiger charge is -2.13. The summed E-state index contributed by atoms with van der Waals surface area (Å²) in [5.74, 6) is 0. The van der Waals surface area contributed by atoms with Crippen LogP contribution in [0.15, 0.2) is 11.6 Å². The molecular weight excluding hydrogens is 139 g/mol. The predicted molar refractivity (Wildman–Crippen MR) is 52.2 cm³/mol. The van der Waals surface area contributed by atoms with Crippen molar-refractivity contribution in [2.75, 3.05) is 0 Å². The molecule has 0 saturated carbocycles. The Morgan fingerprint density at radius 1 is 1.20 bits per heavy atom. The maximum absolute atomic E-state index is 3.49. The Balaban J connectivity index is 4.32. The molecule has 0 aliphatic heterocycles. The quantitative estimate of drug-likeness (QED) is 0.511. The highest BCUT2D eigenvalue weighted by Gasteiger charge is 2.05. The highest BCUT2D eigenvalue weighted by atomic mass is 31.0. The molecule has 0 saturated heterocycles. The maximum Gasteiger partial charge on any atom is -0.0197 e. The van der Waals surface area contributed by atoms with Gasteiger partial charge in [0.05, 0.1) is 0 Å². The average molecular weight is 156 g/mol. The van der Waals surface area contributed by atoms with Crippen LogP contribution in [0.5, 0.6) is 0 Å². The molecule has 0 aliphatic rings. The third-order valence-electron chi connectivity index (χ3n) is 1.24. The van der Waals surface area contributed by atoms with Crippen molar-refractivity contribution >= 4 is 14.2 Å². The van der Waals surface area contributed by atoms with E-state index in [9.17, 15) is 0 Å². The third kappa shape index (κ3) is 4.76. The van der Waals surface area contributed by atoms with Gasteiger partial charge in [-0.15, -0.1) is 8.86 Å². The second kappa shape index (κ2) is 3.34. The van der Waals surface area contributed by atoms with Gasteiger partial charge in [-0.25, -0.2) is 0 Å². The third-order valence-corrected chi connectivity index (χ3v) is 1.64. The first-order chi connectivity index (χ1) is 4.33. The van der Waals surface area contributed by atoms with Gasteiger partial charge in [0, 0.05) is 0 Å². The van der Waals surface area contributed by atoms with Crippen LogP contribution in [-0.4, -0.2) is 5.29 Å². The molecule has 0 atom stereocenters. The summed E-state index contributed by atoms with van der Waals surface area (Å²) in [6.07, 6.45) is 2.26. The summed E-state index contributed by atoms with van der Waals surface area (Å²) in [6, 6.07) is 0. The molecule has 0 fully saturated rings. The summed E-state index contributed by atoms with van der Waals surface area (Å²) in [5, 5.41) is 1.22. The molecule has 0 amide bonds. The second-order valence-corrected chi connectivity index (χ2v) is 4.57. The lowest BCUT2D eigenvalue weighted by Crippen LogP contribution is -2.02. The standard InChI is InChI=1S/C9H17P/c1-7(8(2)10)6-9(3,4)5/h6,10H,1-5H3/b7-6+. The van der Waals surface area contributed by atoms with E-state index in [4.69, 9.17) is 0 Å². The average Bonchev–Trinajstić information content (AvgIpc) is 1.60. The van der Waals surface area contributed by atoms with Crippen molar-refractivity contribution in [3.8, 4) is 0 Å². The molecule has 58 valence electrons. The van der Waals surface area contributed by atoms with E-state index in [0.29, 0.717) is 0 Å². The fourth-order valence-corrected chi connectivity index (χ4v) is 0.830. The van der Waals surface area contributed by atoms with E-state index < -0.39 is 0 Å². The van der Waals surface area contributed by atoms with Crippen molar-refractivity contribution in [2.45, 2.75) is 34.6 Å². The fourth-order valence-electron chi connectivity index (χ4n) is 0.758. The highest BCUT2D eigenvalue weighted by molar-refractivity contribution is 7.22. The molecule has 0 unspecified atom stereocenters. The summed E-state index contributed by atoms with van der Waals surface area (Å²) in [6.45, 7) is 10.8. The van der Waals surface area contributed by atoms with Crippen molar-refractivity contribution in [3.05, 3.63) is 11.6 Å². The molecule has 0 N–H and O–H groups in total. The van der Waals surface area contributed by atoms with Crippen LogP contribution in [0.1, 0.15) is 34.6 Å². The topological polar surface area (TPSA) is 0 Å². The van der Waals surface area contributed by atoms with Crippen LogP contribution in [-0.2, 0) is 0 Å². The Bertz CT molecular complexity index is 158. The van der Waals surface area contributed by atoms with Gasteiger partial charge >= 0.3 is 0 Å². The van der Waals surface area contributed by atoms with Crippen molar-refractivity contribution in [2.24, 2.45) is 5.41 Å². The van der Waals surface area contributed by atoms with Crippen LogP contribution in [0.25, 0.3) is 0 Å². The number of rotatable bonds is 1. The molecule has 0 spiro atoms. The Kier molecular flexibility index (Phi) is 3.31. The summed E-state index contributed by atoms with van der Waals surface area (Å²) < 4.78 is 0. The molecular formula is C9H17P. The molecule has 0 aromatic heterocycles. The first kappa shape index (κ1) is 9.91. The minimum absolute atomic E-state index is 0.290. The molecule has 0 nitrogen and oxygen atoms in total. The van der Waals surface area contributed by atoms with Crippen LogP contribution >= 0.6 is 8.86 Å². The summed E-state index contributed by atoms with van der Waals surface area (Å²) >= 11 is 0. The van der Waals surface area contributed by atoms with Gasteiger partial charge in [-0.1, -0.05) is 26.8 Å². The van der Waals surface area contributed by atoms with Gasteiger partial charge < -0.3 is 0 Å². The van der Waals surface area contributed by atoms with Gasteiger partial charge in [-0.3, -0.25) is 0 Å². The van der Waals surface area contributed by atoms with Crippen LogP contribution in [0.3, 0.4) is 0 Å². The van der Waals surface area contributed by atoms with Crippen molar-refractivity contribution in [1.29, 1.82) is 0 Å². The van der Waals surface area contributed by atoms with E-state index in [1.165, 1.54) is 10.9 Å². The predicted octanol–water partition coefficient (Wildman–Crippen LogP) is 3.31. The zero-order valence-corrected chi connectivity index (χ0v) is 8.58. The van der Waals surface area contributed by atoms with Crippen LogP contribution < -0.4 is 0 Å². The Morgan fingerprint density at radius 2 is 1.60 bits per heavy atom. The molecule has 0 bridgehead atoms. The van der Waals surface area contributed by atoms with E-state index >= 15 is 0 Å². The van der Waals surface area contributed by atoms with Gasteiger partial charge in [0.25, 0.3) is 0 Å². The monoisotopic (exact) mass is 156 g/mol. The molecule has 0 aromatic rings. The number of allylic oxidation sites excluding steroid dienone is 2. The van der Waals surface area contributed by atoms with Gasteiger partial charge in [-0.05, 0) is 30.1 Å². The normalized spacial score (nSPS) is 13.5. The van der Waals surface area contributed by atoms with E-state index in [0.717, 1.165) is 0 Å². The van der Waals surface area contributed by atoms with E-state index in [2.05, 4.69) is 49.6 Å². The van der Waals surface area contributed by atoms with Gasteiger partial charge in [0.1, 0.15) is 0 Å². The fraction of sp³-hybridized carbons (Fsp3) is 0.667. The van der Waals surface area contributed by atoms with Crippen LogP contribution in [0, 0.1) is 5.41 Å². The molecule has 1 heteroatoms. The maximum atomic E-state index is 3.49. The lowest BCUT2D eigenvalue weighted by atomic mass is 9.93.